The monoisotopic (exact) mass is 234 g/mol. The molecule has 0 saturated carbocycles. The molecule has 0 aromatic carbocycles. The molecule has 0 atom stereocenters. The second-order valence-electron chi connectivity index (χ2n) is 3.96. The van der Waals surface area contributed by atoms with Gasteiger partial charge in [0, 0.05) is 19.5 Å². The largest absolute Gasteiger partial charge is 0.389 e. The summed E-state index contributed by atoms with van der Waals surface area (Å²) < 4.78 is 38.1. The Kier molecular flexibility index (Phi) is 2.88. The second kappa shape index (κ2) is 4.04. The lowest BCUT2D eigenvalue weighted by molar-refractivity contribution is -0.134. The summed E-state index contributed by atoms with van der Waals surface area (Å²) in [6.45, 7) is 3.32. The van der Waals surface area contributed by atoms with Gasteiger partial charge in [-0.1, -0.05) is 0 Å². The Morgan fingerprint density at radius 1 is 1.38 bits per heavy atom. The lowest BCUT2D eigenvalue weighted by Gasteiger charge is -2.30. The summed E-state index contributed by atoms with van der Waals surface area (Å²) in [5, 5.41) is 10.7. The normalized spacial score (nSPS) is 17.5. The molecule has 0 amide bonds. The Morgan fingerprint density at radius 3 is 2.56 bits per heavy atom. The van der Waals surface area contributed by atoms with E-state index >= 15 is 0 Å². The van der Waals surface area contributed by atoms with Crippen molar-refractivity contribution < 1.29 is 13.2 Å². The molecule has 2 rings (SSSR count). The molecule has 4 nitrogen and oxygen atoms in total. The SMILES string of the molecule is Cc1nnc(CCC(F)(F)F)n1C1CNC1. The van der Waals surface area contributed by atoms with Gasteiger partial charge in [-0.05, 0) is 6.92 Å². The maximum Gasteiger partial charge on any atom is 0.389 e. The molecule has 1 N–H and O–H groups in total. The van der Waals surface area contributed by atoms with Gasteiger partial charge >= 0.3 is 6.18 Å². The molecule has 0 aliphatic carbocycles. The third-order valence-corrected chi connectivity index (χ3v) is 2.69. The first kappa shape index (κ1) is 11.4. The van der Waals surface area contributed by atoms with Crippen molar-refractivity contribution in [2.45, 2.75) is 32.0 Å². The van der Waals surface area contributed by atoms with E-state index in [1.807, 2.05) is 4.57 Å². The predicted molar refractivity (Wildman–Crippen MR) is 51.0 cm³/mol. The fourth-order valence-corrected chi connectivity index (χ4v) is 1.77. The van der Waals surface area contributed by atoms with Crippen LogP contribution in [0.5, 0.6) is 0 Å². The van der Waals surface area contributed by atoms with Crippen LogP contribution >= 0.6 is 0 Å². The summed E-state index contributed by atoms with van der Waals surface area (Å²) in [5.41, 5.74) is 0. The number of hydrogen-bond acceptors (Lipinski definition) is 3. The van der Waals surface area contributed by atoms with E-state index < -0.39 is 12.6 Å². The topological polar surface area (TPSA) is 42.7 Å². The second-order valence-corrected chi connectivity index (χ2v) is 3.96. The lowest BCUT2D eigenvalue weighted by Crippen LogP contribution is -2.44. The molecular formula is C9H13F3N4. The minimum Gasteiger partial charge on any atom is -0.313 e. The van der Waals surface area contributed by atoms with Crippen LogP contribution in [-0.2, 0) is 6.42 Å². The molecule has 1 aromatic rings. The number of hydrogen-bond donors (Lipinski definition) is 1. The average Bonchev–Trinajstić information content (AvgIpc) is 2.42. The van der Waals surface area contributed by atoms with Gasteiger partial charge in [-0.2, -0.15) is 13.2 Å². The Hall–Kier alpha value is -1.11. The van der Waals surface area contributed by atoms with Gasteiger partial charge in [0.15, 0.2) is 0 Å². The molecule has 0 unspecified atom stereocenters. The summed E-state index contributed by atoms with van der Waals surface area (Å²) >= 11 is 0. The van der Waals surface area contributed by atoms with Crippen LogP contribution in [0.1, 0.15) is 24.1 Å². The first-order chi connectivity index (χ1) is 7.47. The highest BCUT2D eigenvalue weighted by molar-refractivity contribution is 5.01. The van der Waals surface area contributed by atoms with Crippen LogP contribution in [0.25, 0.3) is 0 Å². The van der Waals surface area contributed by atoms with E-state index in [2.05, 4.69) is 15.5 Å². The van der Waals surface area contributed by atoms with Crippen LogP contribution in [-0.4, -0.2) is 34.0 Å². The highest BCUT2D eigenvalue weighted by Crippen LogP contribution is 2.23. The highest BCUT2D eigenvalue weighted by atomic mass is 19.4. The number of rotatable bonds is 3. The van der Waals surface area contributed by atoms with E-state index in [1.165, 1.54) is 0 Å². The van der Waals surface area contributed by atoms with Crippen LogP contribution in [0.2, 0.25) is 0 Å². The van der Waals surface area contributed by atoms with Gasteiger partial charge < -0.3 is 9.88 Å². The quantitative estimate of drug-likeness (QED) is 0.855. The molecular weight excluding hydrogens is 221 g/mol. The smallest absolute Gasteiger partial charge is 0.313 e. The van der Waals surface area contributed by atoms with Crippen molar-refractivity contribution in [3.63, 3.8) is 0 Å². The molecule has 1 aromatic heterocycles. The Bertz CT molecular complexity index is 367. The lowest BCUT2D eigenvalue weighted by atomic mass is 10.1. The van der Waals surface area contributed by atoms with Crippen molar-refractivity contribution in [3.05, 3.63) is 11.6 Å². The van der Waals surface area contributed by atoms with Crippen LogP contribution < -0.4 is 5.32 Å². The summed E-state index contributed by atoms with van der Waals surface area (Å²) in [5.74, 6) is 1.12. The van der Waals surface area contributed by atoms with Gasteiger partial charge in [-0.15, -0.1) is 10.2 Å². The van der Waals surface area contributed by atoms with E-state index in [1.54, 1.807) is 6.92 Å². The molecule has 1 aliphatic rings. The molecule has 0 spiro atoms. The molecule has 7 heteroatoms. The zero-order valence-corrected chi connectivity index (χ0v) is 8.88. The summed E-state index contributed by atoms with van der Waals surface area (Å²) in [6, 6.07) is 0.207. The van der Waals surface area contributed by atoms with Gasteiger partial charge in [0.25, 0.3) is 0 Å². The van der Waals surface area contributed by atoms with E-state index in [0.717, 1.165) is 13.1 Å². The summed E-state index contributed by atoms with van der Waals surface area (Å²) in [4.78, 5) is 0. The first-order valence-corrected chi connectivity index (χ1v) is 5.15. The first-order valence-electron chi connectivity index (χ1n) is 5.15. The van der Waals surface area contributed by atoms with Crippen LogP contribution in [0.3, 0.4) is 0 Å². The van der Waals surface area contributed by atoms with Gasteiger partial charge in [-0.25, -0.2) is 0 Å². The molecule has 0 radical (unpaired) electrons. The number of halogens is 3. The molecule has 16 heavy (non-hydrogen) atoms. The average molecular weight is 234 g/mol. The summed E-state index contributed by atoms with van der Waals surface area (Å²) in [7, 11) is 0. The van der Waals surface area contributed by atoms with Crippen LogP contribution in [0.15, 0.2) is 0 Å². The maximum atomic E-state index is 12.1. The van der Waals surface area contributed by atoms with E-state index in [4.69, 9.17) is 0 Å². The highest BCUT2D eigenvalue weighted by Gasteiger charge is 2.29. The van der Waals surface area contributed by atoms with E-state index in [0.29, 0.717) is 11.6 Å². The van der Waals surface area contributed by atoms with Crippen molar-refractivity contribution in [2.75, 3.05) is 13.1 Å². The van der Waals surface area contributed by atoms with Gasteiger partial charge in [0.1, 0.15) is 11.6 Å². The molecule has 2 heterocycles. The minimum absolute atomic E-state index is 0.0964. The Morgan fingerprint density at radius 2 is 2.06 bits per heavy atom. The van der Waals surface area contributed by atoms with Crippen LogP contribution in [0.4, 0.5) is 13.2 Å². The zero-order chi connectivity index (χ0) is 11.8. The Balaban J connectivity index is 2.08. The van der Waals surface area contributed by atoms with Crippen molar-refractivity contribution >= 4 is 0 Å². The van der Waals surface area contributed by atoms with E-state index in [-0.39, 0.29) is 12.5 Å². The van der Waals surface area contributed by atoms with Gasteiger partial charge in [-0.3, -0.25) is 0 Å². The summed E-state index contributed by atoms with van der Waals surface area (Å²) in [6.07, 6.45) is -5.07. The molecule has 90 valence electrons. The van der Waals surface area contributed by atoms with Crippen molar-refractivity contribution in [1.29, 1.82) is 0 Å². The fraction of sp³-hybridized carbons (Fsp3) is 0.778. The molecule has 1 aliphatic heterocycles. The molecule has 1 saturated heterocycles. The minimum atomic E-state index is -4.14. The van der Waals surface area contributed by atoms with Gasteiger partial charge in [0.2, 0.25) is 0 Å². The van der Waals surface area contributed by atoms with Crippen LogP contribution in [0, 0.1) is 6.92 Å². The van der Waals surface area contributed by atoms with Crippen molar-refractivity contribution in [3.8, 4) is 0 Å². The predicted octanol–water partition coefficient (Wildman–Crippen LogP) is 1.23. The van der Waals surface area contributed by atoms with Gasteiger partial charge in [0.05, 0.1) is 12.5 Å². The molecule has 0 bridgehead atoms. The van der Waals surface area contributed by atoms with Crippen molar-refractivity contribution in [1.82, 2.24) is 20.1 Å². The zero-order valence-electron chi connectivity index (χ0n) is 8.88. The molecule has 1 fully saturated rings. The maximum absolute atomic E-state index is 12.1. The number of nitrogens with zero attached hydrogens (tertiary/aromatic N) is 3. The number of aryl methyl sites for hydroxylation is 2. The van der Waals surface area contributed by atoms with Crippen molar-refractivity contribution in [2.24, 2.45) is 0 Å². The Labute approximate surface area is 90.9 Å². The third kappa shape index (κ3) is 2.34. The third-order valence-electron chi connectivity index (χ3n) is 2.69. The number of nitrogens with one attached hydrogen (secondary N) is 1. The van der Waals surface area contributed by atoms with E-state index in [9.17, 15) is 13.2 Å². The standard InChI is InChI=1S/C9H13F3N4/c1-6-14-15-8(2-3-9(10,11)12)16(6)7-4-13-5-7/h7,13H,2-5H2,1H3. The fourth-order valence-electron chi connectivity index (χ4n) is 1.77. The number of alkyl halides is 3. The number of aromatic nitrogens is 3.